The van der Waals surface area contributed by atoms with Crippen molar-refractivity contribution in [3.63, 3.8) is 0 Å². The van der Waals surface area contributed by atoms with Gasteiger partial charge in [0, 0.05) is 18.6 Å². The Balaban J connectivity index is 2.42. The zero-order chi connectivity index (χ0) is 14.1. The van der Waals surface area contributed by atoms with Crippen LogP contribution in [0.2, 0.25) is 0 Å². The highest BCUT2D eigenvalue weighted by Crippen LogP contribution is 2.12. The van der Waals surface area contributed by atoms with Crippen LogP contribution in [0.15, 0.2) is 0 Å². The number of hydrogen-bond donors (Lipinski definition) is 1. The van der Waals surface area contributed by atoms with E-state index in [2.05, 4.69) is 24.1 Å². The Morgan fingerprint density at radius 2 is 2.21 bits per heavy atom. The Bertz CT molecular complexity index is 253. The summed E-state index contributed by atoms with van der Waals surface area (Å²) >= 11 is 0. The molecule has 0 amide bonds. The van der Waals surface area contributed by atoms with Crippen LogP contribution in [0.4, 0.5) is 0 Å². The lowest BCUT2D eigenvalue weighted by Gasteiger charge is -2.34. The molecule has 4 heteroatoms. The van der Waals surface area contributed by atoms with Gasteiger partial charge in [-0.2, -0.15) is 0 Å². The number of nitrogens with one attached hydrogen (secondary N) is 1. The molecule has 2 atom stereocenters. The minimum Gasteiger partial charge on any atom is -0.466 e. The number of hydrogen-bond acceptors (Lipinski definition) is 4. The summed E-state index contributed by atoms with van der Waals surface area (Å²) < 4.78 is 5.05. The van der Waals surface area contributed by atoms with E-state index in [0.29, 0.717) is 19.1 Å². The minimum atomic E-state index is -0.0762. The van der Waals surface area contributed by atoms with Crippen LogP contribution in [0, 0.1) is 0 Å². The number of piperidine rings is 1. The van der Waals surface area contributed by atoms with Crippen LogP contribution in [0.25, 0.3) is 0 Å². The van der Waals surface area contributed by atoms with E-state index in [1.54, 1.807) is 0 Å². The molecule has 0 radical (unpaired) electrons. The van der Waals surface area contributed by atoms with Gasteiger partial charge in [-0.05, 0) is 46.2 Å². The quantitative estimate of drug-likeness (QED) is 0.686. The summed E-state index contributed by atoms with van der Waals surface area (Å²) in [5.41, 5.74) is 0. The summed E-state index contributed by atoms with van der Waals surface area (Å²) in [6.07, 6.45) is 5.50. The molecule has 0 bridgehead atoms. The first-order valence-corrected chi connectivity index (χ1v) is 7.80. The molecule has 1 N–H and O–H groups in total. The van der Waals surface area contributed by atoms with E-state index in [1.165, 1.54) is 19.3 Å². The third-order valence-corrected chi connectivity index (χ3v) is 3.77. The van der Waals surface area contributed by atoms with Gasteiger partial charge >= 0.3 is 5.97 Å². The van der Waals surface area contributed by atoms with E-state index in [0.717, 1.165) is 26.1 Å². The van der Waals surface area contributed by atoms with Crippen molar-refractivity contribution < 1.29 is 9.53 Å². The Hall–Kier alpha value is -0.610. The minimum absolute atomic E-state index is 0.0762. The number of carbonyl (C=O) groups excluding carboxylic acids is 1. The van der Waals surface area contributed by atoms with Gasteiger partial charge in [-0.1, -0.05) is 13.3 Å². The largest absolute Gasteiger partial charge is 0.466 e. The molecule has 1 aliphatic heterocycles. The fraction of sp³-hybridized carbons (Fsp3) is 0.933. The highest BCUT2D eigenvalue weighted by atomic mass is 16.5. The Morgan fingerprint density at radius 3 is 2.79 bits per heavy atom. The van der Waals surface area contributed by atoms with E-state index in [4.69, 9.17) is 4.74 Å². The summed E-state index contributed by atoms with van der Waals surface area (Å²) in [6, 6.07) is 0.854. The number of nitrogens with zero attached hydrogens (tertiary/aromatic N) is 1. The topological polar surface area (TPSA) is 41.6 Å². The molecule has 0 aromatic carbocycles. The van der Waals surface area contributed by atoms with Crippen molar-refractivity contribution in [1.82, 2.24) is 10.2 Å². The molecular formula is C15H30N2O2. The standard InChI is InChI=1S/C15H30N2O2/c1-4-10-17(12-14-8-6-7-9-16-14)13(3)11-15(18)19-5-2/h13-14,16H,4-12H2,1-3H3. The van der Waals surface area contributed by atoms with Crippen molar-refractivity contribution in [1.29, 1.82) is 0 Å². The summed E-state index contributed by atoms with van der Waals surface area (Å²) in [5.74, 6) is -0.0762. The van der Waals surface area contributed by atoms with E-state index in [1.807, 2.05) is 6.92 Å². The van der Waals surface area contributed by atoms with Crippen LogP contribution in [0.5, 0.6) is 0 Å². The Labute approximate surface area is 117 Å². The third-order valence-electron chi connectivity index (χ3n) is 3.77. The maximum atomic E-state index is 11.6. The summed E-state index contributed by atoms with van der Waals surface area (Å²) in [5, 5.41) is 3.58. The number of ether oxygens (including phenoxy) is 1. The first kappa shape index (κ1) is 16.4. The van der Waals surface area contributed by atoms with Gasteiger partial charge in [-0.15, -0.1) is 0 Å². The monoisotopic (exact) mass is 270 g/mol. The van der Waals surface area contributed by atoms with Crippen LogP contribution in [-0.2, 0) is 9.53 Å². The smallest absolute Gasteiger partial charge is 0.307 e. The van der Waals surface area contributed by atoms with E-state index in [9.17, 15) is 4.79 Å². The number of carbonyl (C=O) groups is 1. The molecule has 0 spiro atoms. The molecule has 0 saturated carbocycles. The molecule has 0 aromatic heterocycles. The van der Waals surface area contributed by atoms with Gasteiger partial charge in [-0.3, -0.25) is 9.69 Å². The summed E-state index contributed by atoms with van der Waals surface area (Å²) in [6.45, 7) is 9.90. The van der Waals surface area contributed by atoms with Gasteiger partial charge in [0.05, 0.1) is 13.0 Å². The van der Waals surface area contributed by atoms with Gasteiger partial charge in [0.2, 0.25) is 0 Å². The highest BCUT2D eigenvalue weighted by molar-refractivity contribution is 5.70. The highest BCUT2D eigenvalue weighted by Gasteiger charge is 2.21. The third kappa shape index (κ3) is 6.39. The zero-order valence-corrected chi connectivity index (χ0v) is 12.8. The number of rotatable bonds is 8. The van der Waals surface area contributed by atoms with Gasteiger partial charge in [0.15, 0.2) is 0 Å². The molecule has 4 nitrogen and oxygen atoms in total. The first-order valence-electron chi connectivity index (χ1n) is 7.80. The van der Waals surface area contributed by atoms with Gasteiger partial charge in [0.1, 0.15) is 0 Å². The molecule has 2 unspecified atom stereocenters. The lowest BCUT2D eigenvalue weighted by Crippen LogP contribution is -2.47. The van der Waals surface area contributed by atoms with Crippen LogP contribution in [-0.4, -0.2) is 49.2 Å². The molecule has 112 valence electrons. The van der Waals surface area contributed by atoms with E-state index < -0.39 is 0 Å². The molecule has 0 aromatic rings. The Morgan fingerprint density at radius 1 is 1.42 bits per heavy atom. The molecule has 1 saturated heterocycles. The fourth-order valence-electron chi connectivity index (χ4n) is 2.73. The average Bonchev–Trinajstić information content (AvgIpc) is 2.39. The predicted octanol–water partition coefficient (Wildman–Crippen LogP) is 2.18. The maximum absolute atomic E-state index is 11.6. The van der Waals surface area contributed by atoms with Gasteiger partial charge < -0.3 is 10.1 Å². The van der Waals surface area contributed by atoms with Crippen molar-refractivity contribution >= 4 is 5.97 Å². The first-order chi connectivity index (χ1) is 9.17. The SMILES string of the molecule is CCCN(CC1CCCCN1)C(C)CC(=O)OCC. The Kier molecular flexibility index (Phi) is 8.07. The molecular weight excluding hydrogens is 240 g/mol. The average molecular weight is 270 g/mol. The van der Waals surface area contributed by atoms with Crippen LogP contribution < -0.4 is 5.32 Å². The van der Waals surface area contributed by atoms with E-state index in [-0.39, 0.29) is 12.0 Å². The second-order valence-electron chi connectivity index (χ2n) is 5.50. The molecule has 1 fully saturated rings. The maximum Gasteiger partial charge on any atom is 0.307 e. The van der Waals surface area contributed by atoms with Crippen molar-refractivity contribution in [2.45, 2.75) is 65.0 Å². The predicted molar refractivity (Wildman–Crippen MR) is 78.2 cm³/mol. The number of esters is 1. The van der Waals surface area contributed by atoms with Crippen LogP contribution in [0.1, 0.15) is 52.9 Å². The zero-order valence-electron chi connectivity index (χ0n) is 12.8. The summed E-state index contributed by atoms with van der Waals surface area (Å²) in [4.78, 5) is 14.0. The van der Waals surface area contributed by atoms with E-state index >= 15 is 0 Å². The molecule has 1 heterocycles. The van der Waals surface area contributed by atoms with Crippen molar-refractivity contribution in [2.24, 2.45) is 0 Å². The lowest BCUT2D eigenvalue weighted by atomic mass is 10.0. The normalized spacial score (nSPS) is 21.4. The molecule has 19 heavy (non-hydrogen) atoms. The second kappa shape index (κ2) is 9.32. The molecule has 0 aliphatic carbocycles. The van der Waals surface area contributed by atoms with Crippen LogP contribution >= 0.6 is 0 Å². The van der Waals surface area contributed by atoms with Gasteiger partial charge in [0.25, 0.3) is 0 Å². The van der Waals surface area contributed by atoms with Crippen molar-refractivity contribution in [2.75, 3.05) is 26.2 Å². The van der Waals surface area contributed by atoms with Crippen molar-refractivity contribution in [3.8, 4) is 0 Å². The fourth-order valence-corrected chi connectivity index (χ4v) is 2.73. The molecule has 1 rings (SSSR count). The van der Waals surface area contributed by atoms with Gasteiger partial charge in [-0.25, -0.2) is 0 Å². The van der Waals surface area contributed by atoms with Crippen molar-refractivity contribution in [3.05, 3.63) is 0 Å². The van der Waals surface area contributed by atoms with Crippen LogP contribution in [0.3, 0.4) is 0 Å². The second-order valence-corrected chi connectivity index (χ2v) is 5.50. The lowest BCUT2D eigenvalue weighted by molar-refractivity contribution is -0.144. The molecule has 1 aliphatic rings. The summed E-state index contributed by atoms with van der Waals surface area (Å²) in [7, 11) is 0.